The number of nitrogens with one attached hydrogen (secondary N) is 2. The second-order valence-electron chi connectivity index (χ2n) is 5.25. The number of aromatic amines is 1. The van der Waals surface area contributed by atoms with E-state index in [1.807, 2.05) is 31.2 Å². The molecule has 0 saturated heterocycles. The Labute approximate surface area is 138 Å². The van der Waals surface area contributed by atoms with E-state index in [0.29, 0.717) is 5.75 Å². The fourth-order valence-corrected chi connectivity index (χ4v) is 2.35. The second kappa shape index (κ2) is 6.95. The maximum atomic E-state index is 12.8. The zero-order valence-electron chi connectivity index (χ0n) is 13.0. The van der Waals surface area contributed by atoms with Crippen molar-refractivity contribution < 1.29 is 13.9 Å². The molecule has 0 fully saturated rings. The fourth-order valence-electron chi connectivity index (χ4n) is 2.35. The van der Waals surface area contributed by atoms with Crippen LogP contribution in [0.4, 0.5) is 4.39 Å². The molecule has 2 aromatic carbocycles. The molecular formula is C18H16FN3O2. The van der Waals surface area contributed by atoms with Crippen molar-refractivity contribution in [1.82, 2.24) is 10.4 Å². The Balaban J connectivity index is 1.58. The van der Waals surface area contributed by atoms with Gasteiger partial charge in [0.15, 0.2) is 6.61 Å². The number of rotatable bonds is 5. The summed E-state index contributed by atoms with van der Waals surface area (Å²) >= 11 is 0. The van der Waals surface area contributed by atoms with Crippen molar-refractivity contribution in [2.45, 2.75) is 6.92 Å². The normalized spacial score (nSPS) is 11.1. The van der Waals surface area contributed by atoms with Gasteiger partial charge in [0, 0.05) is 22.2 Å². The van der Waals surface area contributed by atoms with E-state index in [4.69, 9.17) is 4.74 Å². The van der Waals surface area contributed by atoms with Gasteiger partial charge in [-0.25, -0.2) is 9.82 Å². The van der Waals surface area contributed by atoms with Crippen LogP contribution in [0.2, 0.25) is 0 Å². The molecule has 5 nitrogen and oxygen atoms in total. The number of nitrogens with zero attached hydrogens (tertiary/aromatic N) is 1. The number of benzene rings is 2. The first-order valence-corrected chi connectivity index (χ1v) is 7.41. The van der Waals surface area contributed by atoms with Crippen molar-refractivity contribution >= 4 is 23.0 Å². The van der Waals surface area contributed by atoms with E-state index in [-0.39, 0.29) is 12.4 Å². The molecule has 3 aromatic rings. The molecule has 3 rings (SSSR count). The van der Waals surface area contributed by atoms with Crippen LogP contribution in [0, 0.1) is 12.7 Å². The number of hydrogen-bond donors (Lipinski definition) is 2. The summed E-state index contributed by atoms with van der Waals surface area (Å²) in [5, 5.41) is 5.00. The molecule has 24 heavy (non-hydrogen) atoms. The minimum atomic E-state index is -0.395. The van der Waals surface area contributed by atoms with Crippen LogP contribution in [0.25, 0.3) is 10.9 Å². The number of hydrazone groups is 1. The maximum Gasteiger partial charge on any atom is 0.277 e. The van der Waals surface area contributed by atoms with Crippen LogP contribution in [-0.2, 0) is 4.79 Å². The van der Waals surface area contributed by atoms with E-state index in [0.717, 1.165) is 22.2 Å². The number of carbonyl (C=O) groups excluding carboxylic acids is 1. The lowest BCUT2D eigenvalue weighted by molar-refractivity contribution is -0.123. The second-order valence-corrected chi connectivity index (χ2v) is 5.25. The number of fused-ring (bicyclic) bond motifs is 1. The Kier molecular flexibility index (Phi) is 4.56. The molecule has 0 aliphatic rings. The monoisotopic (exact) mass is 325 g/mol. The molecule has 0 radical (unpaired) electrons. The molecule has 1 amide bonds. The van der Waals surface area contributed by atoms with Crippen LogP contribution >= 0.6 is 0 Å². The van der Waals surface area contributed by atoms with Gasteiger partial charge in [0.05, 0.1) is 6.21 Å². The highest BCUT2D eigenvalue weighted by molar-refractivity contribution is 6.00. The van der Waals surface area contributed by atoms with Crippen LogP contribution in [0.15, 0.2) is 53.6 Å². The number of para-hydroxylation sites is 1. The summed E-state index contributed by atoms with van der Waals surface area (Å²) in [7, 11) is 0. The van der Waals surface area contributed by atoms with E-state index >= 15 is 0 Å². The third-order valence-corrected chi connectivity index (χ3v) is 3.51. The highest BCUT2D eigenvalue weighted by Crippen LogP contribution is 2.19. The highest BCUT2D eigenvalue weighted by atomic mass is 19.1. The first-order chi connectivity index (χ1) is 11.6. The number of halogens is 1. The highest BCUT2D eigenvalue weighted by Gasteiger charge is 2.06. The largest absolute Gasteiger partial charge is 0.484 e. The lowest BCUT2D eigenvalue weighted by Crippen LogP contribution is -2.24. The molecule has 0 bridgehead atoms. The fraction of sp³-hybridized carbons (Fsp3) is 0.111. The molecule has 1 heterocycles. The summed E-state index contributed by atoms with van der Waals surface area (Å²) in [6.45, 7) is 1.75. The predicted molar refractivity (Wildman–Crippen MR) is 90.7 cm³/mol. The molecule has 1 aromatic heterocycles. The van der Waals surface area contributed by atoms with Crippen molar-refractivity contribution in [3.63, 3.8) is 0 Å². The SMILES string of the molecule is Cc1[nH]c2ccccc2c1/C=N/NC(=O)COc1ccc(F)cc1. The summed E-state index contributed by atoms with van der Waals surface area (Å²) < 4.78 is 18.0. The van der Waals surface area contributed by atoms with E-state index in [2.05, 4.69) is 15.5 Å². The molecule has 0 atom stereocenters. The summed E-state index contributed by atoms with van der Waals surface area (Å²) in [6, 6.07) is 13.3. The van der Waals surface area contributed by atoms with Gasteiger partial charge in [0.2, 0.25) is 0 Å². The van der Waals surface area contributed by atoms with Gasteiger partial charge in [-0.05, 0) is 37.3 Å². The smallest absolute Gasteiger partial charge is 0.277 e. The van der Waals surface area contributed by atoms with E-state index in [9.17, 15) is 9.18 Å². The molecule has 0 aliphatic heterocycles. The molecule has 0 unspecified atom stereocenters. The molecular weight excluding hydrogens is 309 g/mol. The first kappa shape index (κ1) is 15.7. The molecule has 0 spiro atoms. The molecule has 0 saturated carbocycles. The van der Waals surface area contributed by atoms with E-state index < -0.39 is 5.91 Å². The summed E-state index contributed by atoms with van der Waals surface area (Å²) in [4.78, 5) is 15.0. The third kappa shape index (κ3) is 3.60. The Morgan fingerprint density at radius 2 is 2.00 bits per heavy atom. The molecule has 0 aliphatic carbocycles. The average molecular weight is 325 g/mol. The van der Waals surface area contributed by atoms with Crippen LogP contribution in [0.5, 0.6) is 5.75 Å². The Bertz CT molecular complexity index is 885. The summed E-state index contributed by atoms with van der Waals surface area (Å²) in [5.41, 5.74) is 5.32. The number of ether oxygens (including phenoxy) is 1. The predicted octanol–water partition coefficient (Wildman–Crippen LogP) is 3.14. The van der Waals surface area contributed by atoms with Gasteiger partial charge >= 0.3 is 0 Å². The minimum absolute atomic E-state index is 0.199. The van der Waals surface area contributed by atoms with Crippen LogP contribution in [0.1, 0.15) is 11.3 Å². The van der Waals surface area contributed by atoms with Gasteiger partial charge in [0.1, 0.15) is 11.6 Å². The lowest BCUT2D eigenvalue weighted by atomic mass is 10.1. The first-order valence-electron chi connectivity index (χ1n) is 7.41. The number of hydrogen-bond acceptors (Lipinski definition) is 3. The molecule has 6 heteroatoms. The number of aromatic nitrogens is 1. The quantitative estimate of drug-likeness (QED) is 0.559. The zero-order chi connectivity index (χ0) is 16.9. The molecule has 2 N–H and O–H groups in total. The minimum Gasteiger partial charge on any atom is -0.484 e. The standard InChI is InChI=1S/C18H16FN3O2/c1-12-16(15-4-2-3-5-17(15)21-12)10-20-22-18(23)11-24-14-8-6-13(19)7-9-14/h2-10,21H,11H2,1H3,(H,22,23)/b20-10+. The third-order valence-electron chi connectivity index (χ3n) is 3.51. The maximum absolute atomic E-state index is 12.8. The topological polar surface area (TPSA) is 66.5 Å². The van der Waals surface area contributed by atoms with Crippen molar-refractivity contribution in [1.29, 1.82) is 0 Å². The van der Waals surface area contributed by atoms with Crippen molar-refractivity contribution in [3.05, 3.63) is 65.6 Å². The van der Waals surface area contributed by atoms with Gasteiger partial charge in [0.25, 0.3) is 5.91 Å². The number of amides is 1. The van der Waals surface area contributed by atoms with Gasteiger partial charge < -0.3 is 9.72 Å². The van der Waals surface area contributed by atoms with Gasteiger partial charge in [-0.3, -0.25) is 4.79 Å². The van der Waals surface area contributed by atoms with Crippen LogP contribution in [-0.4, -0.2) is 23.7 Å². The van der Waals surface area contributed by atoms with Gasteiger partial charge in [-0.15, -0.1) is 0 Å². The average Bonchev–Trinajstić information content (AvgIpc) is 2.90. The van der Waals surface area contributed by atoms with Gasteiger partial charge in [-0.2, -0.15) is 5.10 Å². The summed E-state index contributed by atoms with van der Waals surface area (Å²) in [5.74, 6) is -0.332. The van der Waals surface area contributed by atoms with Crippen molar-refractivity contribution in [2.24, 2.45) is 5.10 Å². The Hall–Kier alpha value is -3.15. The number of carbonyl (C=O) groups is 1. The van der Waals surface area contributed by atoms with Gasteiger partial charge in [-0.1, -0.05) is 18.2 Å². The Morgan fingerprint density at radius 1 is 1.25 bits per heavy atom. The number of H-pyrrole nitrogens is 1. The van der Waals surface area contributed by atoms with E-state index in [1.54, 1.807) is 6.21 Å². The van der Waals surface area contributed by atoms with Crippen LogP contribution < -0.4 is 10.2 Å². The van der Waals surface area contributed by atoms with Crippen LogP contribution in [0.3, 0.4) is 0 Å². The lowest BCUT2D eigenvalue weighted by Gasteiger charge is -2.04. The summed E-state index contributed by atoms with van der Waals surface area (Å²) in [6.07, 6.45) is 1.60. The van der Waals surface area contributed by atoms with E-state index in [1.165, 1.54) is 24.3 Å². The molecule has 122 valence electrons. The van der Waals surface area contributed by atoms with Crippen molar-refractivity contribution in [3.8, 4) is 5.75 Å². The van der Waals surface area contributed by atoms with Crippen molar-refractivity contribution in [2.75, 3.05) is 6.61 Å². The Morgan fingerprint density at radius 3 is 2.79 bits per heavy atom. The zero-order valence-corrected chi connectivity index (χ0v) is 13.0. The number of aryl methyl sites for hydroxylation is 1.